The highest BCUT2D eigenvalue weighted by Crippen LogP contribution is 2.35. The Morgan fingerprint density at radius 1 is 1.14 bits per heavy atom. The molecule has 1 aliphatic carbocycles. The largest absolute Gasteiger partial charge is 0.317 e. The fraction of sp³-hybridized carbons (Fsp3) is 1.00. The van der Waals surface area contributed by atoms with Crippen molar-refractivity contribution in [3.8, 4) is 0 Å². The van der Waals surface area contributed by atoms with Gasteiger partial charge >= 0.3 is 0 Å². The average Bonchev–Trinajstić information content (AvgIpc) is 2.12. The Morgan fingerprint density at radius 3 is 2.14 bits per heavy atom. The van der Waals surface area contributed by atoms with E-state index in [0.29, 0.717) is 0 Å². The van der Waals surface area contributed by atoms with Gasteiger partial charge in [-0.05, 0) is 50.5 Å². The Kier molecular flexibility index (Phi) is 4.94. The van der Waals surface area contributed by atoms with Crippen LogP contribution in [-0.4, -0.2) is 13.1 Å². The summed E-state index contributed by atoms with van der Waals surface area (Å²) in [7, 11) is 2.13. The Hall–Kier alpha value is -0.0400. The molecule has 0 saturated heterocycles. The van der Waals surface area contributed by atoms with Crippen LogP contribution in [0.5, 0.6) is 0 Å². The maximum absolute atomic E-state index is 3.51. The van der Waals surface area contributed by atoms with Crippen molar-refractivity contribution in [2.45, 2.75) is 58.9 Å². The lowest BCUT2D eigenvalue weighted by Gasteiger charge is -2.36. The molecule has 1 saturated carbocycles. The normalized spacial score (nSPS) is 35.6. The topological polar surface area (TPSA) is 12.0 Å². The third-order valence-electron chi connectivity index (χ3n) is 3.75. The Balaban J connectivity index is 2.47. The quantitative estimate of drug-likeness (QED) is 0.728. The molecule has 1 nitrogen and oxygen atoms in total. The van der Waals surface area contributed by atoms with Gasteiger partial charge in [0.1, 0.15) is 0 Å². The van der Waals surface area contributed by atoms with E-state index >= 15 is 0 Å². The van der Waals surface area contributed by atoms with Gasteiger partial charge in [0.05, 0.1) is 0 Å². The van der Waals surface area contributed by atoms with Crippen molar-refractivity contribution in [3.05, 3.63) is 0 Å². The molecule has 0 aliphatic heterocycles. The summed E-state index contributed by atoms with van der Waals surface area (Å²) in [5.41, 5.74) is 0. The maximum Gasteiger partial charge on any atom is 0.00924 e. The van der Waals surface area contributed by atoms with E-state index in [-0.39, 0.29) is 0 Å². The van der Waals surface area contributed by atoms with Crippen LogP contribution in [0.15, 0.2) is 0 Å². The molecule has 84 valence electrons. The smallest absolute Gasteiger partial charge is 0.00924 e. The second-order valence-corrected chi connectivity index (χ2v) is 5.36. The van der Waals surface area contributed by atoms with Gasteiger partial charge in [-0.1, -0.05) is 27.2 Å². The van der Waals surface area contributed by atoms with Crippen LogP contribution in [0.4, 0.5) is 0 Å². The number of nitrogens with one attached hydrogen (secondary N) is 1. The zero-order valence-electron chi connectivity index (χ0n) is 10.3. The van der Waals surface area contributed by atoms with Crippen LogP contribution >= 0.6 is 0 Å². The van der Waals surface area contributed by atoms with E-state index in [2.05, 4.69) is 33.1 Å². The molecule has 0 aromatic rings. The van der Waals surface area contributed by atoms with Crippen LogP contribution < -0.4 is 5.32 Å². The molecule has 0 bridgehead atoms. The summed E-state index contributed by atoms with van der Waals surface area (Å²) in [4.78, 5) is 0. The van der Waals surface area contributed by atoms with Gasteiger partial charge in [0.2, 0.25) is 0 Å². The van der Waals surface area contributed by atoms with Gasteiger partial charge in [-0.2, -0.15) is 0 Å². The van der Waals surface area contributed by atoms with Crippen LogP contribution in [0.2, 0.25) is 0 Å². The predicted molar refractivity (Wildman–Crippen MR) is 63.4 cm³/mol. The molecule has 0 spiro atoms. The van der Waals surface area contributed by atoms with Crippen molar-refractivity contribution < 1.29 is 0 Å². The van der Waals surface area contributed by atoms with Crippen molar-refractivity contribution in [2.75, 3.05) is 7.05 Å². The van der Waals surface area contributed by atoms with Crippen molar-refractivity contribution in [1.29, 1.82) is 0 Å². The van der Waals surface area contributed by atoms with E-state index in [4.69, 9.17) is 0 Å². The van der Waals surface area contributed by atoms with Crippen LogP contribution in [-0.2, 0) is 0 Å². The Labute approximate surface area is 89.7 Å². The average molecular weight is 197 g/mol. The summed E-state index contributed by atoms with van der Waals surface area (Å²) >= 11 is 0. The van der Waals surface area contributed by atoms with Crippen molar-refractivity contribution in [1.82, 2.24) is 5.32 Å². The summed E-state index contributed by atoms with van der Waals surface area (Å²) in [6, 6.07) is 0.769. The zero-order valence-corrected chi connectivity index (χ0v) is 10.3. The van der Waals surface area contributed by atoms with E-state index in [0.717, 1.165) is 23.8 Å². The standard InChI is InChI=1S/C13H27N/c1-5-6-13(14-4)12-8-10(2)7-11(3)9-12/h10-14H,5-9H2,1-4H3. The molecular formula is C13H27N. The fourth-order valence-electron chi connectivity index (χ4n) is 3.26. The molecule has 1 heteroatoms. The van der Waals surface area contributed by atoms with Gasteiger partial charge in [-0.3, -0.25) is 0 Å². The van der Waals surface area contributed by atoms with Gasteiger partial charge in [0, 0.05) is 6.04 Å². The first-order valence-corrected chi connectivity index (χ1v) is 6.34. The van der Waals surface area contributed by atoms with Crippen molar-refractivity contribution in [3.63, 3.8) is 0 Å². The molecule has 0 radical (unpaired) electrons. The highest BCUT2D eigenvalue weighted by atomic mass is 14.9. The SMILES string of the molecule is CCCC(NC)C1CC(C)CC(C)C1. The van der Waals surface area contributed by atoms with E-state index in [1.54, 1.807) is 0 Å². The van der Waals surface area contributed by atoms with Crippen LogP contribution in [0.3, 0.4) is 0 Å². The second-order valence-electron chi connectivity index (χ2n) is 5.36. The van der Waals surface area contributed by atoms with Crippen molar-refractivity contribution >= 4 is 0 Å². The van der Waals surface area contributed by atoms with Gasteiger partial charge in [0.25, 0.3) is 0 Å². The molecule has 3 atom stereocenters. The summed E-state index contributed by atoms with van der Waals surface area (Å²) in [5, 5.41) is 3.51. The van der Waals surface area contributed by atoms with Crippen LogP contribution in [0.25, 0.3) is 0 Å². The Morgan fingerprint density at radius 2 is 1.71 bits per heavy atom. The number of hydrogen-bond acceptors (Lipinski definition) is 1. The molecule has 3 unspecified atom stereocenters. The first kappa shape index (κ1) is 12.0. The van der Waals surface area contributed by atoms with Gasteiger partial charge < -0.3 is 5.32 Å². The number of rotatable bonds is 4. The molecule has 1 rings (SSSR count). The minimum absolute atomic E-state index is 0.769. The highest BCUT2D eigenvalue weighted by molar-refractivity contribution is 4.82. The first-order chi connectivity index (χ1) is 6.67. The molecule has 0 heterocycles. The van der Waals surface area contributed by atoms with E-state index < -0.39 is 0 Å². The van der Waals surface area contributed by atoms with E-state index in [9.17, 15) is 0 Å². The summed E-state index contributed by atoms with van der Waals surface area (Å²) in [6.45, 7) is 7.13. The Bertz CT molecular complexity index is 145. The van der Waals surface area contributed by atoms with Crippen LogP contribution in [0, 0.1) is 17.8 Å². The predicted octanol–water partition coefficient (Wildman–Crippen LogP) is 3.45. The molecular weight excluding hydrogens is 170 g/mol. The van der Waals surface area contributed by atoms with Crippen molar-refractivity contribution in [2.24, 2.45) is 17.8 Å². The summed E-state index contributed by atoms with van der Waals surface area (Å²) in [5.74, 6) is 2.81. The lowest BCUT2D eigenvalue weighted by Crippen LogP contribution is -2.37. The van der Waals surface area contributed by atoms with Gasteiger partial charge in [-0.15, -0.1) is 0 Å². The highest BCUT2D eigenvalue weighted by Gasteiger charge is 2.28. The first-order valence-electron chi connectivity index (χ1n) is 6.34. The number of hydrogen-bond donors (Lipinski definition) is 1. The molecule has 1 fully saturated rings. The van der Waals surface area contributed by atoms with Crippen LogP contribution in [0.1, 0.15) is 52.9 Å². The molecule has 1 N–H and O–H groups in total. The lowest BCUT2D eigenvalue weighted by atomic mass is 9.73. The molecule has 0 amide bonds. The third kappa shape index (κ3) is 3.27. The molecule has 14 heavy (non-hydrogen) atoms. The van der Waals surface area contributed by atoms with Gasteiger partial charge in [-0.25, -0.2) is 0 Å². The van der Waals surface area contributed by atoms with Gasteiger partial charge in [0.15, 0.2) is 0 Å². The summed E-state index contributed by atoms with van der Waals surface area (Å²) in [6.07, 6.45) is 6.98. The second kappa shape index (κ2) is 5.75. The molecule has 0 aromatic heterocycles. The minimum Gasteiger partial charge on any atom is -0.317 e. The fourth-order valence-corrected chi connectivity index (χ4v) is 3.26. The monoisotopic (exact) mass is 197 g/mol. The van der Waals surface area contributed by atoms with E-state index in [1.165, 1.54) is 32.1 Å². The summed E-state index contributed by atoms with van der Waals surface area (Å²) < 4.78 is 0. The molecule has 0 aromatic carbocycles. The lowest BCUT2D eigenvalue weighted by molar-refractivity contribution is 0.174. The zero-order chi connectivity index (χ0) is 10.6. The maximum atomic E-state index is 3.51. The minimum atomic E-state index is 0.769. The third-order valence-corrected chi connectivity index (χ3v) is 3.75. The molecule has 1 aliphatic rings. The van der Waals surface area contributed by atoms with E-state index in [1.807, 2.05) is 0 Å².